The molecular weight excluding hydrogens is 228 g/mol. The highest BCUT2D eigenvalue weighted by Gasteiger charge is 2.37. The number of methoxy groups -OCH3 is 1. The summed E-state index contributed by atoms with van der Waals surface area (Å²) in [6.07, 6.45) is 3.62. The molecule has 1 aliphatic carbocycles. The number of ether oxygens (including phenoxy) is 1. The Balaban J connectivity index is 1.76. The van der Waals surface area contributed by atoms with Gasteiger partial charge in [0.1, 0.15) is 5.82 Å². The van der Waals surface area contributed by atoms with Crippen LogP contribution in [-0.2, 0) is 17.7 Å². The van der Waals surface area contributed by atoms with E-state index in [-0.39, 0.29) is 0 Å². The van der Waals surface area contributed by atoms with Gasteiger partial charge in [-0.3, -0.25) is 0 Å². The Bertz CT molecular complexity index is 413. The molecule has 2 unspecified atom stereocenters. The second-order valence-electron chi connectivity index (χ2n) is 5.66. The molecule has 1 aromatic rings. The third-order valence-corrected chi connectivity index (χ3v) is 3.91. The normalized spacial score (nSPS) is 24.9. The SMILES string of the molecule is COCC(C)Cc1nnc2n1CCNC2C1CC1. The van der Waals surface area contributed by atoms with E-state index in [1.807, 2.05) is 0 Å². The van der Waals surface area contributed by atoms with Crippen molar-refractivity contribution in [2.45, 2.75) is 38.8 Å². The van der Waals surface area contributed by atoms with E-state index in [1.54, 1.807) is 7.11 Å². The molecule has 0 spiro atoms. The minimum absolute atomic E-state index is 0.442. The van der Waals surface area contributed by atoms with Gasteiger partial charge in [0.2, 0.25) is 0 Å². The van der Waals surface area contributed by atoms with Crippen LogP contribution in [0, 0.1) is 11.8 Å². The maximum absolute atomic E-state index is 5.20. The maximum Gasteiger partial charge on any atom is 0.150 e. The minimum Gasteiger partial charge on any atom is -0.384 e. The van der Waals surface area contributed by atoms with Gasteiger partial charge in [-0.25, -0.2) is 0 Å². The van der Waals surface area contributed by atoms with Crippen LogP contribution < -0.4 is 5.32 Å². The molecule has 2 heterocycles. The third kappa shape index (κ3) is 2.29. The van der Waals surface area contributed by atoms with E-state index in [0.29, 0.717) is 12.0 Å². The fourth-order valence-electron chi connectivity index (χ4n) is 2.86. The predicted octanol–water partition coefficient (Wildman–Crippen LogP) is 1.16. The Morgan fingerprint density at radius 2 is 2.28 bits per heavy atom. The van der Waals surface area contributed by atoms with Crippen molar-refractivity contribution in [1.29, 1.82) is 0 Å². The topological polar surface area (TPSA) is 52.0 Å². The van der Waals surface area contributed by atoms with Gasteiger partial charge in [0.05, 0.1) is 6.04 Å². The molecule has 5 nitrogen and oxygen atoms in total. The van der Waals surface area contributed by atoms with Crippen molar-refractivity contribution in [2.75, 3.05) is 20.3 Å². The number of hydrogen-bond donors (Lipinski definition) is 1. The number of hydrogen-bond acceptors (Lipinski definition) is 4. The summed E-state index contributed by atoms with van der Waals surface area (Å²) in [7, 11) is 1.75. The molecule has 18 heavy (non-hydrogen) atoms. The lowest BCUT2D eigenvalue weighted by Crippen LogP contribution is -2.35. The summed E-state index contributed by atoms with van der Waals surface area (Å²) >= 11 is 0. The minimum atomic E-state index is 0.442. The van der Waals surface area contributed by atoms with Crippen LogP contribution >= 0.6 is 0 Å². The zero-order chi connectivity index (χ0) is 12.5. The largest absolute Gasteiger partial charge is 0.384 e. The highest BCUT2D eigenvalue weighted by atomic mass is 16.5. The first kappa shape index (κ1) is 12.1. The summed E-state index contributed by atoms with van der Waals surface area (Å²) in [4.78, 5) is 0. The number of rotatable bonds is 5. The lowest BCUT2D eigenvalue weighted by Gasteiger charge is -2.25. The number of aromatic nitrogens is 3. The second-order valence-corrected chi connectivity index (χ2v) is 5.66. The van der Waals surface area contributed by atoms with Crippen LogP contribution in [0.15, 0.2) is 0 Å². The van der Waals surface area contributed by atoms with Crippen molar-refractivity contribution in [3.05, 3.63) is 11.6 Å². The highest BCUT2D eigenvalue weighted by molar-refractivity contribution is 5.09. The van der Waals surface area contributed by atoms with E-state index in [9.17, 15) is 0 Å². The molecular formula is C13H22N4O. The first-order valence-corrected chi connectivity index (χ1v) is 6.94. The van der Waals surface area contributed by atoms with Gasteiger partial charge in [-0.2, -0.15) is 0 Å². The van der Waals surface area contributed by atoms with Crippen LogP contribution in [0.3, 0.4) is 0 Å². The van der Waals surface area contributed by atoms with E-state index >= 15 is 0 Å². The zero-order valence-corrected chi connectivity index (χ0v) is 11.2. The zero-order valence-electron chi connectivity index (χ0n) is 11.2. The maximum atomic E-state index is 5.20. The molecule has 5 heteroatoms. The van der Waals surface area contributed by atoms with Gasteiger partial charge in [-0.15, -0.1) is 10.2 Å². The fraction of sp³-hybridized carbons (Fsp3) is 0.846. The summed E-state index contributed by atoms with van der Waals surface area (Å²) in [6.45, 7) is 5.02. The Hall–Kier alpha value is -0.940. The molecule has 1 fully saturated rings. The smallest absolute Gasteiger partial charge is 0.150 e. The van der Waals surface area contributed by atoms with Crippen LogP contribution in [0.1, 0.15) is 37.5 Å². The molecule has 1 aliphatic heterocycles. The predicted molar refractivity (Wildman–Crippen MR) is 68.2 cm³/mol. The van der Waals surface area contributed by atoms with Crippen molar-refractivity contribution in [3.63, 3.8) is 0 Å². The Morgan fingerprint density at radius 3 is 3.00 bits per heavy atom. The van der Waals surface area contributed by atoms with Crippen LogP contribution in [-0.4, -0.2) is 35.0 Å². The Kier molecular flexibility index (Phi) is 3.35. The first-order chi connectivity index (χ1) is 8.79. The number of nitrogens with zero attached hydrogens (tertiary/aromatic N) is 3. The summed E-state index contributed by atoms with van der Waals surface area (Å²) in [5.41, 5.74) is 0. The third-order valence-electron chi connectivity index (χ3n) is 3.91. The van der Waals surface area contributed by atoms with Crippen molar-refractivity contribution >= 4 is 0 Å². The Labute approximate surface area is 108 Å². The molecule has 0 bridgehead atoms. The quantitative estimate of drug-likeness (QED) is 0.852. The van der Waals surface area contributed by atoms with Gasteiger partial charge in [-0.05, 0) is 24.7 Å². The van der Waals surface area contributed by atoms with E-state index in [2.05, 4.69) is 27.0 Å². The van der Waals surface area contributed by atoms with Gasteiger partial charge in [0.25, 0.3) is 0 Å². The monoisotopic (exact) mass is 250 g/mol. The van der Waals surface area contributed by atoms with Gasteiger partial charge in [-0.1, -0.05) is 6.92 Å². The summed E-state index contributed by atoms with van der Waals surface area (Å²) in [5, 5.41) is 12.4. The van der Waals surface area contributed by atoms with Crippen LogP contribution in [0.4, 0.5) is 0 Å². The molecule has 1 aromatic heterocycles. The van der Waals surface area contributed by atoms with E-state index in [4.69, 9.17) is 4.74 Å². The summed E-state index contributed by atoms with van der Waals surface area (Å²) in [6, 6.07) is 0.442. The first-order valence-electron chi connectivity index (χ1n) is 6.94. The number of nitrogens with one attached hydrogen (secondary N) is 1. The van der Waals surface area contributed by atoms with Crippen LogP contribution in [0.5, 0.6) is 0 Å². The average molecular weight is 250 g/mol. The van der Waals surface area contributed by atoms with Crippen molar-refractivity contribution in [2.24, 2.45) is 11.8 Å². The highest BCUT2D eigenvalue weighted by Crippen LogP contribution is 2.41. The molecule has 100 valence electrons. The van der Waals surface area contributed by atoms with Crippen LogP contribution in [0.25, 0.3) is 0 Å². The molecule has 2 aliphatic rings. The molecule has 2 atom stereocenters. The fourth-order valence-corrected chi connectivity index (χ4v) is 2.86. The van der Waals surface area contributed by atoms with Gasteiger partial charge < -0.3 is 14.6 Å². The Morgan fingerprint density at radius 1 is 1.44 bits per heavy atom. The number of fused-ring (bicyclic) bond motifs is 1. The average Bonchev–Trinajstić information content (AvgIpc) is 3.13. The standard InChI is InChI=1S/C13H22N4O/c1-9(8-18-2)7-11-15-16-13-12(10-3-4-10)14-5-6-17(11)13/h9-10,12,14H,3-8H2,1-2H3. The lowest BCUT2D eigenvalue weighted by molar-refractivity contribution is 0.158. The molecule has 1 saturated carbocycles. The van der Waals surface area contributed by atoms with Gasteiger partial charge in [0, 0.05) is 33.2 Å². The molecule has 0 amide bonds. The molecule has 0 saturated heterocycles. The molecule has 1 N–H and O–H groups in total. The van der Waals surface area contributed by atoms with E-state index in [1.165, 1.54) is 12.8 Å². The van der Waals surface area contributed by atoms with Gasteiger partial charge >= 0.3 is 0 Å². The summed E-state index contributed by atoms with van der Waals surface area (Å²) < 4.78 is 7.52. The lowest BCUT2D eigenvalue weighted by atomic mass is 10.1. The molecule has 0 radical (unpaired) electrons. The van der Waals surface area contributed by atoms with Crippen molar-refractivity contribution in [3.8, 4) is 0 Å². The van der Waals surface area contributed by atoms with Crippen molar-refractivity contribution in [1.82, 2.24) is 20.1 Å². The molecule has 0 aromatic carbocycles. The van der Waals surface area contributed by atoms with Gasteiger partial charge in [0.15, 0.2) is 5.82 Å². The van der Waals surface area contributed by atoms with Crippen molar-refractivity contribution < 1.29 is 4.74 Å². The molecule has 3 rings (SSSR count). The second kappa shape index (κ2) is 4.97. The van der Waals surface area contributed by atoms with E-state index in [0.717, 1.165) is 43.7 Å². The summed E-state index contributed by atoms with van der Waals surface area (Å²) in [5.74, 6) is 3.57. The van der Waals surface area contributed by atoms with Crippen LogP contribution in [0.2, 0.25) is 0 Å². The van der Waals surface area contributed by atoms with E-state index < -0.39 is 0 Å².